The Morgan fingerprint density at radius 3 is 2.75 bits per heavy atom. The Labute approximate surface area is 99.4 Å². The maximum atomic E-state index is 11.4. The molecule has 3 heteroatoms. The van der Waals surface area contributed by atoms with Gasteiger partial charge in [0.1, 0.15) is 0 Å². The van der Waals surface area contributed by atoms with Crippen molar-refractivity contribution >= 4 is 5.91 Å². The fourth-order valence-corrected chi connectivity index (χ4v) is 2.15. The molecule has 0 aliphatic carbocycles. The third-order valence-electron chi connectivity index (χ3n) is 3.21. The predicted octanol–water partition coefficient (Wildman–Crippen LogP) is 2.22. The summed E-state index contributed by atoms with van der Waals surface area (Å²) in [4.78, 5) is 11.4. The average Bonchev–Trinajstić information content (AvgIpc) is 2.30. The second-order valence-corrected chi connectivity index (χ2v) is 4.71. The minimum atomic E-state index is 0.0735. The number of carbonyl (C=O) groups excluding carboxylic acids is 1. The van der Waals surface area contributed by atoms with Crippen molar-refractivity contribution < 1.29 is 4.79 Å². The van der Waals surface area contributed by atoms with E-state index in [1.54, 1.807) is 0 Å². The third kappa shape index (κ3) is 5.50. The highest BCUT2D eigenvalue weighted by Gasteiger charge is 2.20. The van der Waals surface area contributed by atoms with Gasteiger partial charge in [-0.15, -0.1) is 0 Å². The number of carbonyl (C=O) groups is 1. The van der Waals surface area contributed by atoms with Gasteiger partial charge in [0, 0.05) is 6.54 Å². The van der Waals surface area contributed by atoms with Crippen LogP contribution in [0.2, 0.25) is 0 Å². The summed E-state index contributed by atoms with van der Waals surface area (Å²) in [6, 6.07) is 0.0735. The van der Waals surface area contributed by atoms with Gasteiger partial charge in [-0.1, -0.05) is 39.0 Å². The summed E-state index contributed by atoms with van der Waals surface area (Å²) in [6.07, 6.45) is 9.97. The molecule has 0 aromatic carbocycles. The lowest BCUT2D eigenvalue weighted by Gasteiger charge is -2.22. The summed E-state index contributed by atoms with van der Waals surface area (Å²) >= 11 is 0. The summed E-state index contributed by atoms with van der Waals surface area (Å²) in [5.41, 5.74) is 0. The largest absolute Gasteiger partial charge is 0.355 e. The first kappa shape index (κ1) is 13.5. The van der Waals surface area contributed by atoms with Gasteiger partial charge >= 0.3 is 0 Å². The van der Waals surface area contributed by atoms with Crippen LogP contribution < -0.4 is 10.6 Å². The van der Waals surface area contributed by atoms with Gasteiger partial charge in [0.15, 0.2) is 0 Å². The van der Waals surface area contributed by atoms with Crippen LogP contribution in [-0.4, -0.2) is 25.0 Å². The summed E-state index contributed by atoms with van der Waals surface area (Å²) < 4.78 is 0. The highest BCUT2D eigenvalue weighted by atomic mass is 16.2. The van der Waals surface area contributed by atoms with E-state index in [0.29, 0.717) is 0 Å². The Bertz CT molecular complexity index is 194. The summed E-state index contributed by atoms with van der Waals surface area (Å²) in [5, 5.41) is 6.25. The van der Waals surface area contributed by atoms with E-state index in [9.17, 15) is 4.79 Å². The van der Waals surface area contributed by atoms with Crippen LogP contribution in [0.5, 0.6) is 0 Å². The third-order valence-corrected chi connectivity index (χ3v) is 3.21. The number of nitrogens with one attached hydrogen (secondary N) is 2. The molecule has 1 aliphatic rings. The van der Waals surface area contributed by atoms with Crippen molar-refractivity contribution in [1.82, 2.24) is 10.6 Å². The van der Waals surface area contributed by atoms with E-state index in [-0.39, 0.29) is 11.9 Å². The zero-order chi connectivity index (χ0) is 11.6. The topological polar surface area (TPSA) is 41.1 Å². The number of unbranched alkanes of at least 4 members (excludes halogenated alkanes) is 5. The Morgan fingerprint density at radius 1 is 1.25 bits per heavy atom. The van der Waals surface area contributed by atoms with E-state index in [1.165, 1.54) is 38.5 Å². The zero-order valence-electron chi connectivity index (χ0n) is 10.6. The lowest BCUT2D eigenvalue weighted by molar-refractivity contribution is -0.124. The molecule has 1 atom stereocenters. The molecule has 16 heavy (non-hydrogen) atoms. The van der Waals surface area contributed by atoms with Gasteiger partial charge < -0.3 is 10.6 Å². The lowest BCUT2D eigenvalue weighted by Crippen LogP contribution is -2.48. The van der Waals surface area contributed by atoms with Crippen LogP contribution in [0, 0.1) is 0 Å². The molecule has 0 bridgehead atoms. The molecule has 0 saturated carbocycles. The number of hydrogen-bond donors (Lipinski definition) is 2. The fourth-order valence-electron chi connectivity index (χ4n) is 2.15. The maximum Gasteiger partial charge on any atom is 0.237 e. The molecule has 3 nitrogen and oxygen atoms in total. The van der Waals surface area contributed by atoms with Crippen molar-refractivity contribution in [2.45, 2.75) is 64.3 Å². The van der Waals surface area contributed by atoms with Gasteiger partial charge in [-0.25, -0.2) is 0 Å². The highest BCUT2D eigenvalue weighted by Crippen LogP contribution is 2.06. The van der Waals surface area contributed by atoms with E-state index in [2.05, 4.69) is 17.6 Å². The first-order valence-electron chi connectivity index (χ1n) is 6.85. The molecule has 2 N–H and O–H groups in total. The Kier molecular flexibility index (Phi) is 7.23. The fraction of sp³-hybridized carbons (Fsp3) is 0.923. The van der Waals surface area contributed by atoms with Crippen molar-refractivity contribution in [2.75, 3.05) is 13.1 Å². The van der Waals surface area contributed by atoms with Crippen LogP contribution in [0.25, 0.3) is 0 Å². The Balaban J connectivity index is 1.92. The van der Waals surface area contributed by atoms with E-state index in [0.717, 1.165) is 25.9 Å². The van der Waals surface area contributed by atoms with Gasteiger partial charge in [0.05, 0.1) is 6.04 Å². The number of piperidine rings is 1. The second-order valence-electron chi connectivity index (χ2n) is 4.71. The van der Waals surface area contributed by atoms with Crippen LogP contribution >= 0.6 is 0 Å². The van der Waals surface area contributed by atoms with Crippen LogP contribution in [0.1, 0.15) is 58.3 Å². The van der Waals surface area contributed by atoms with E-state index in [4.69, 9.17) is 0 Å². The standard InChI is InChI=1S/C13H26N2O/c1-2-3-4-5-6-7-10-14-12-9-8-11-15-13(12)16/h12,14H,2-11H2,1H3,(H,15,16). The first-order valence-corrected chi connectivity index (χ1v) is 6.85. The van der Waals surface area contributed by atoms with Crippen LogP contribution in [0.15, 0.2) is 0 Å². The molecule has 0 radical (unpaired) electrons. The van der Waals surface area contributed by atoms with Gasteiger partial charge in [-0.05, 0) is 25.8 Å². The average molecular weight is 226 g/mol. The van der Waals surface area contributed by atoms with Crippen molar-refractivity contribution in [3.8, 4) is 0 Å². The van der Waals surface area contributed by atoms with Gasteiger partial charge in [0.25, 0.3) is 0 Å². The SMILES string of the molecule is CCCCCCCCNC1CCCNC1=O. The quantitative estimate of drug-likeness (QED) is 0.623. The molecular weight excluding hydrogens is 200 g/mol. The number of rotatable bonds is 8. The Hall–Kier alpha value is -0.570. The second kappa shape index (κ2) is 8.57. The molecule has 1 heterocycles. The lowest BCUT2D eigenvalue weighted by atomic mass is 10.1. The molecule has 94 valence electrons. The summed E-state index contributed by atoms with van der Waals surface area (Å²) in [5.74, 6) is 0.192. The van der Waals surface area contributed by atoms with E-state index >= 15 is 0 Å². The van der Waals surface area contributed by atoms with Gasteiger partial charge in [-0.2, -0.15) is 0 Å². The minimum Gasteiger partial charge on any atom is -0.355 e. The van der Waals surface area contributed by atoms with E-state index < -0.39 is 0 Å². The number of hydrogen-bond acceptors (Lipinski definition) is 2. The summed E-state index contributed by atoms with van der Waals surface area (Å²) in [6.45, 7) is 4.08. The normalized spacial score (nSPS) is 20.8. The molecule has 1 rings (SSSR count). The molecule has 1 aliphatic heterocycles. The van der Waals surface area contributed by atoms with Crippen molar-refractivity contribution in [2.24, 2.45) is 0 Å². The molecule has 1 amide bonds. The molecule has 1 unspecified atom stereocenters. The minimum absolute atomic E-state index is 0.0735. The molecule has 1 saturated heterocycles. The molecule has 0 spiro atoms. The molecule has 1 fully saturated rings. The smallest absolute Gasteiger partial charge is 0.237 e. The van der Waals surface area contributed by atoms with Crippen LogP contribution in [0.3, 0.4) is 0 Å². The van der Waals surface area contributed by atoms with Gasteiger partial charge in [-0.3, -0.25) is 4.79 Å². The maximum absolute atomic E-state index is 11.4. The van der Waals surface area contributed by atoms with E-state index in [1.807, 2.05) is 0 Å². The van der Waals surface area contributed by atoms with Crippen LogP contribution in [0.4, 0.5) is 0 Å². The molecule has 0 aromatic heterocycles. The zero-order valence-corrected chi connectivity index (χ0v) is 10.6. The monoisotopic (exact) mass is 226 g/mol. The van der Waals surface area contributed by atoms with Crippen molar-refractivity contribution in [3.05, 3.63) is 0 Å². The van der Waals surface area contributed by atoms with Crippen LogP contribution in [-0.2, 0) is 4.79 Å². The van der Waals surface area contributed by atoms with Crippen molar-refractivity contribution in [1.29, 1.82) is 0 Å². The molecular formula is C13H26N2O. The van der Waals surface area contributed by atoms with Crippen molar-refractivity contribution in [3.63, 3.8) is 0 Å². The predicted molar refractivity (Wildman–Crippen MR) is 67.4 cm³/mol. The highest BCUT2D eigenvalue weighted by molar-refractivity contribution is 5.82. The van der Waals surface area contributed by atoms with Gasteiger partial charge in [0.2, 0.25) is 5.91 Å². The molecule has 0 aromatic rings. The first-order chi connectivity index (χ1) is 7.84. The Morgan fingerprint density at radius 2 is 2.00 bits per heavy atom. The number of amides is 1. The summed E-state index contributed by atoms with van der Waals surface area (Å²) in [7, 11) is 0.